The molecule has 0 aromatic carbocycles. The van der Waals surface area contributed by atoms with E-state index in [2.05, 4.69) is 19.8 Å². The van der Waals surface area contributed by atoms with E-state index in [1.807, 2.05) is 13.0 Å². The number of carbonyl (C=O) groups is 1. The van der Waals surface area contributed by atoms with E-state index < -0.39 is 0 Å². The van der Waals surface area contributed by atoms with Crippen LogP contribution in [0.3, 0.4) is 0 Å². The SMILES string of the molecule is Cl.[C-]#[N+]c1nc(-c2ccnc3cc(-c4ncc(C(=O)N(C)CCO)cc4C)oc23)ccc1OC1CCOCC1. The normalized spacial score (nSPS) is 13.5. The summed E-state index contributed by atoms with van der Waals surface area (Å²) in [7, 11) is 1.63. The molecule has 0 spiro atoms. The molecule has 5 rings (SSSR count). The fourth-order valence-corrected chi connectivity index (χ4v) is 4.41. The summed E-state index contributed by atoms with van der Waals surface area (Å²) in [5.74, 6) is 0.931. The lowest BCUT2D eigenvalue weighted by molar-refractivity contribution is 0.0258. The lowest BCUT2D eigenvalue weighted by Gasteiger charge is -2.23. The van der Waals surface area contributed by atoms with Crippen LogP contribution < -0.4 is 4.74 Å². The molecule has 1 N–H and O–H groups in total. The van der Waals surface area contributed by atoms with Crippen molar-refractivity contribution in [1.82, 2.24) is 19.9 Å². The summed E-state index contributed by atoms with van der Waals surface area (Å²) in [6.45, 7) is 10.9. The van der Waals surface area contributed by atoms with Crippen LogP contribution in [0.4, 0.5) is 5.82 Å². The van der Waals surface area contributed by atoms with E-state index >= 15 is 0 Å². The predicted molar refractivity (Wildman–Crippen MR) is 147 cm³/mol. The monoisotopic (exact) mass is 549 g/mol. The van der Waals surface area contributed by atoms with E-state index in [1.165, 1.54) is 11.1 Å². The van der Waals surface area contributed by atoms with Crippen LogP contribution in [0.1, 0.15) is 28.8 Å². The summed E-state index contributed by atoms with van der Waals surface area (Å²) >= 11 is 0. The van der Waals surface area contributed by atoms with E-state index in [-0.39, 0.29) is 43.4 Å². The smallest absolute Gasteiger partial charge is 0.312 e. The molecule has 1 saturated heterocycles. The minimum atomic E-state index is -0.222. The van der Waals surface area contributed by atoms with Gasteiger partial charge in [-0.3, -0.25) is 14.8 Å². The van der Waals surface area contributed by atoms with Crippen LogP contribution in [0.5, 0.6) is 5.75 Å². The molecule has 10 nitrogen and oxygen atoms in total. The van der Waals surface area contributed by atoms with Crippen LogP contribution in [-0.2, 0) is 4.74 Å². The van der Waals surface area contributed by atoms with Crippen LogP contribution in [0, 0.1) is 13.5 Å². The van der Waals surface area contributed by atoms with Gasteiger partial charge in [-0.25, -0.2) is 0 Å². The summed E-state index contributed by atoms with van der Waals surface area (Å²) in [4.78, 5) is 31.1. The largest absolute Gasteiger partial charge is 0.499 e. The Balaban J connectivity index is 0.00000353. The topological polar surface area (TPSA) is 115 Å². The van der Waals surface area contributed by atoms with Crippen LogP contribution in [-0.4, -0.2) is 70.4 Å². The van der Waals surface area contributed by atoms with Crippen molar-refractivity contribution in [3.8, 4) is 28.5 Å². The highest BCUT2D eigenvalue weighted by Crippen LogP contribution is 2.36. The number of fused-ring (bicyclic) bond motifs is 1. The molecule has 0 atom stereocenters. The third kappa shape index (κ3) is 5.86. The highest BCUT2D eigenvalue weighted by molar-refractivity contribution is 5.95. The van der Waals surface area contributed by atoms with Crippen molar-refractivity contribution in [1.29, 1.82) is 0 Å². The first-order valence-corrected chi connectivity index (χ1v) is 12.3. The first kappa shape index (κ1) is 28.0. The molecule has 0 unspecified atom stereocenters. The van der Waals surface area contributed by atoms with Gasteiger partial charge in [0, 0.05) is 44.9 Å². The second-order valence-corrected chi connectivity index (χ2v) is 9.08. The van der Waals surface area contributed by atoms with Gasteiger partial charge in [0.15, 0.2) is 17.0 Å². The molecule has 4 aromatic rings. The van der Waals surface area contributed by atoms with Crippen molar-refractivity contribution >= 4 is 35.2 Å². The Morgan fingerprint density at radius 2 is 2.03 bits per heavy atom. The van der Waals surface area contributed by atoms with Gasteiger partial charge in [0.05, 0.1) is 30.9 Å². The third-order valence-corrected chi connectivity index (χ3v) is 6.44. The Bertz CT molecular complexity index is 1530. The van der Waals surface area contributed by atoms with Crippen LogP contribution in [0.25, 0.3) is 38.7 Å². The second kappa shape index (κ2) is 12.2. The van der Waals surface area contributed by atoms with Crippen molar-refractivity contribution in [3.63, 3.8) is 0 Å². The Kier molecular flexibility index (Phi) is 8.76. The van der Waals surface area contributed by atoms with Crippen molar-refractivity contribution in [2.45, 2.75) is 25.9 Å². The maximum Gasteiger partial charge on any atom is 0.312 e. The van der Waals surface area contributed by atoms with Crippen LogP contribution in [0.15, 0.2) is 47.1 Å². The van der Waals surface area contributed by atoms with Gasteiger partial charge in [-0.05, 0) is 36.8 Å². The van der Waals surface area contributed by atoms with Gasteiger partial charge < -0.3 is 28.7 Å². The minimum absolute atomic E-state index is 0. The van der Waals surface area contributed by atoms with E-state index in [0.717, 1.165) is 18.4 Å². The number of aliphatic hydroxyl groups excluding tert-OH is 1. The number of rotatable bonds is 7. The number of nitrogens with zero attached hydrogens (tertiary/aromatic N) is 5. The minimum Gasteiger partial charge on any atom is -0.499 e. The van der Waals surface area contributed by atoms with Gasteiger partial charge in [0.25, 0.3) is 5.91 Å². The molecule has 0 aliphatic carbocycles. The lowest BCUT2D eigenvalue weighted by atomic mass is 10.1. The molecule has 5 heterocycles. The van der Waals surface area contributed by atoms with Crippen LogP contribution in [0.2, 0.25) is 0 Å². The number of aliphatic hydroxyl groups is 1. The number of halogens is 1. The zero-order chi connectivity index (χ0) is 26.6. The maximum absolute atomic E-state index is 12.6. The quantitative estimate of drug-likeness (QED) is 0.325. The number of ether oxygens (including phenoxy) is 2. The highest BCUT2D eigenvalue weighted by Gasteiger charge is 2.22. The number of carbonyl (C=O) groups excluding carboxylic acids is 1. The number of aromatic nitrogens is 3. The number of aryl methyl sites for hydroxylation is 1. The molecule has 1 amide bonds. The van der Waals surface area contributed by atoms with E-state index in [9.17, 15) is 4.79 Å². The Morgan fingerprint density at radius 1 is 1.23 bits per heavy atom. The summed E-state index contributed by atoms with van der Waals surface area (Å²) in [5, 5.41) is 9.11. The number of amides is 1. The Hall–Kier alpha value is -4.04. The number of likely N-dealkylation sites (N-methyl/N-ethyl adjacent to an activating group) is 1. The zero-order valence-electron chi connectivity index (χ0n) is 21.6. The van der Waals surface area contributed by atoms with E-state index in [4.69, 9.17) is 25.6 Å². The van der Waals surface area contributed by atoms with Crippen molar-refractivity contribution < 1.29 is 23.8 Å². The molecule has 1 fully saturated rings. The average molecular weight is 550 g/mol. The number of hydrogen-bond acceptors (Lipinski definition) is 8. The van der Waals surface area contributed by atoms with Crippen molar-refractivity contribution in [3.05, 3.63) is 65.3 Å². The number of hydrogen-bond donors (Lipinski definition) is 1. The maximum atomic E-state index is 12.6. The molecule has 1 aliphatic heterocycles. The molecule has 1 aliphatic rings. The van der Waals surface area contributed by atoms with Gasteiger partial charge in [0.2, 0.25) is 0 Å². The summed E-state index contributed by atoms with van der Waals surface area (Å²) in [6.07, 6.45) is 4.73. The Labute approximate surface area is 231 Å². The van der Waals surface area contributed by atoms with E-state index in [1.54, 1.807) is 37.5 Å². The van der Waals surface area contributed by atoms with Crippen LogP contribution >= 0.6 is 12.4 Å². The van der Waals surface area contributed by atoms with Gasteiger partial charge >= 0.3 is 5.82 Å². The molecule has 0 radical (unpaired) electrons. The van der Waals surface area contributed by atoms with E-state index in [0.29, 0.717) is 58.3 Å². The summed E-state index contributed by atoms with van der Waals surface area (Å²) in [6, 6.07) is 8.93. The first-order chi connectivity index (χ1) is 18.5. The van der Waals surface area contributed by atoms with Gasteiger partial charge in [0.1, 0.15) is 23.1 Å². The Morgan fingerprint density at radius 3 is 2.74 bits per heavy atom. The molecule has 202 valence electrons. The predicted octanol–water partition coefficient (Wildman–Crippen LogP) is 4.85. The van der Waals surface area contributed by atoms with Crippen molar-refractivity contribution in [2.24, 2.45) is 0 Å². The lowest BCUT2D eigenvalue weighted by Crippen LogP contribution is -2.29. The molecule has 4 aromatic heterocycles. The highest BCUT2D eigenvalue weighted by atomic mass is 35.5. The van der Waals surface area contributed by atoms with Gasteiger partial charge in [-0.1, -0.05) is 6.57 Å². The van der Waals surface area contributed by atoms with Gasteiger partial charge in [-0.2, -0.15) is 0 Å². The molecule has 11 heteroatoms. The standard InChI is InChI=1S/C28H27N5O5.ClH/c1-17-14-18(28(35)33(3)10-11-34)16-31-25(17)24-15-22-26(38-24)20(6-9-30-22)21-4-5-23(27(29-2)32-21)37-19-7-12-36-13-8-19;/h4-6,9,14-16,19,34H,7-8,10-13H2,1,3H3;1H. The average Bonchev–Trinajstić information content (AvgIpc) is 3.38. The molecular formula is C28H28ClN5O5. The molecule has 0 saturated carbocycles. The zero-order valence-corrected chi connectivity index (χ0v) is 22.4. The molecular weight excluding hydrogens is 522 g/mol. The number of pyridine rings is 3. The first-order valence-electron chi connectivity index (χ1n) is 12.3. The summed E-state index contributed by atoms with van der Waals surface area (Å²) in [5.41, 5.74) is 4.18. The third-order valence-electron chi connectivity index (χ3n) is 6.44. The molecule has 39 heavy (non-hydrogen) atoms. The fourth-order valence-electron chi connectivity index (χ4n) is 4.41. The summed E-state index contributed by atoms with van der Waals surface area (Å²) < 4.78 is 17.6. The number of furan rings is 1. The molecule has 0 bridgehead atoms. The van der Waals surface area contributed by atoms with Crippen molar-refractivity contribution in [2.75, 3.05) is 33.4 Å². The van der Waals surface area contributed by atoms with Gasteiger partial charge in [-0.15, -0.1) is 17.4 Å². The fraction of sp³-hybridized carbons (Fsp3) is 0.321. The second-order valence-electron chi connectivity index (χ2n) is 9.08.